The topological polar surface area (TPSA) is 21.3 Å². The van der Waals surface area contributed by atoms with Gasteiger partial charge in [0, 0.05) is 6.42 Å². The molecule has 1 aliphatic heterocycles. The van der Waals surface area contributed by atoms with E-state index in [1.54, 1.807) is 0 Å². The molecular weight excluding hydrogens is 198 g/mol. The largest absolute Gasteiger partial charge is 0.493 e. The van der Waals surface area contributed by atoms with Crippen molar-refractivity contribution in [2.75, 3.05) is 19.7 Å². The minimum absolute atomic E-state index is 0.695. The predicted octanol–water partition coefficient (Wildman–Crippen LogP) is 2.41. The fourth-order valence-corrected chi connectivity index (χ4v) is 2.23. The number of nitrogens with one attached hydrogen (secondary N) is 1. The van der Waals surface area contributed by atoms with Gasteiger partial charge in [-0.2, -0.15) is 0 Å². The van der Waals surface area contributed by atoms with Crippen molar-refractivity contribution < 1.29 is 4.74 Å². The molecule has 2 rings (SSSR count). The Labute approximate surface area is 98.0 Å². The van der Waals surface area contributed by atoms with Crippen LogP contribution in [0.4, 0.5) is 0 Å². The molecule has 1 aromatic carbocycles. The average molecular weight is 219 g/mol. The first-order valence-electron chi connectivity index (χ1n) is 6.25. The van der Waals surface area contributed by atoms with Crippen LogP contribution in [0, 0.1) is 5.92 Å². The Morgan fingerprint density at radius 2 is 2.31 bits per heavy atom. The first-order chi connectivity index (χ1) is 7.79. The van der Waals surface area contributed by atoms with E-state index in [-0.39, 0.29) is 0 Å². The molecule has 1 atom stereocenters. The summed E-state index contributed by atoms with van der Waals surface area (Å²) in [6.45, 7) is 7.46. The van der Waals surface area contributed by atoms with Crippen LogP contribution < -0.4 is 10.1 Å². The van der Waals surface area contributed by atoms with Gasteiger partial charge in [0.15, 0.2) is 0 Å². The van der Waals surface area contributed by atoms with Gasteiger partial charge in [-0.25, -0.2) is 0 Å². The number of fused-ring (bicyclic) bond motifs is 1. The van der Waals surface area contributed by atoms with E-state index in [1.165, 1.54) is 11.1 Å². The first kappa shape index (κ1) is 11.5. The molecule has 1 heterocycles. The number of benzene rings is 1. The summed E-state index contributed by atoms with van der Waals surface area (Å²) in [5, 5.41) is 3.40. The third-order valence-electron chi connectivity index (χ3n) is 3.08. The second kappa shape index (κ2) is 5.35. The van der Waals surface area contributed by atoms with Gasteiger partial charge in [-0.05, 0) is 42.6 Å². The quantitative estimate of drug-likeness (QED) is 0.821. The number of hydrogen-bond acceptors (Lipinski definition) is 2. The molecule has 1 unspecified atom stereocenters. The Hall–Kier alpha value is -1.02. The van der Waals surface area contributed by atoms with E-state index in [0.29, 0.717) is 5.92 Å². The second-order valence-electron chi connectivity index (χ2n) is 4.66. The van der Waals surface area contributed by atoms with Gasteiger partial charge in [0.2, 0.25) is 0 Å². The molecule has 0 saturated carbocycles. The molecule has 16 heavy (non-hydrogen) atoms. The van der Waals surface area contributed by atoms with Crippen molar-refractivity contribution in [3.63, 3.8) is 0 Å². The molecule has 0 amide bonds. The summed E-state index contributed by atoms with van der Waals surface area (Å²) in [4.78, 5) is 0. The van der Waals surface area contributed by atoms with E-state index < -0.39 is 0 Å². The Kier molecular flexibility index (Phi) is 3.83. The smallest absolute Gasteiger partial charge is 0.122 e. The lowest BCUT2D eigenvalue weighted by Gasteiger charge is -2.12. The zero-order valence-corrected chi connectivity index (χ0v) is 10.3. The summed E-state index contributed by atoms with van der Waals surface area (Å²) < 4.78 is 5.51. The summed E-state index contributed by atoms with van der Waals surface area (Å²) in [7, 11) is 0. The Morgan fingerprint density at radius 3 is 3.12 bits per heavy atom. The minimum atomic E-state index is 0.695. The highest BCUT2D eigenvalue weighted by atomic mass is 16.5. The van der Waals surface area contributed by atoms with Crippen LogP contribution in [-0.4, -0.2) is 19.7 Å². The molecule has 0 spiro atoms. The van der Waals surface area contributed by atoms with Crippen molar-refractivity contribution in [3.05, 3.63) is 29.3 Å². The predicted molar refractivity (Wildman–Crippen MR) is 67.1 cm³/mol. The molecule has 0 saturated heterocycles. The van der Waals surface area contributed by atoms with E-state index in [4.69, 9.17) is 4.74 Å². The van der Waals surface area contributed by atoms with Crippen molar-refractivity contribution in [3.8, 4) is 5.75 Å². The van der Waals surface area contributed by atoms with Gasteiger partial charge in [-0.15, -0.1) is 0 Å². The molecule has 88 valence electrons. The van der Waals surface area contributed by atoms with Crippen LogP contribution >= 0.6 is 0 Å². The first-order valence-corrected chi connectivity index (χ1v) is 6.25. The molecule has 0 radical (unpaired) electrons. The van der Waals surface area contributed by atoms with Crippen LogP contribution in [-0.2, 0) is 12.8 Å². The molecule has 0 aromatic heterocycles. The van der Waals surface area contributed by atoms with Gasteiger partial charge in [0.25, 0.3) is 0 Å². The summed E-state index contributed by atoms with van der Waals surface area (Å²) >= 11 is 0. The van der Waals surface area contributed by atoms with Gasteiger partial charge >= 0.3 is 0 Å². The molecule has 2 heteroatoms. The van der Waals surface area contributed by atoms with Crippen molar-refractivity contribution in [1.29, 1.82) is 0 Å². The molecule has 0 fully saturated rings. The third-order valence-corrected chi connectivity index (χ3v) is 3.08. The minimum Gasteiger partial charge on any atom is -0.493 e. The van der Waals surface area contributed by atoms with E-state index in [9.17, 15) is 0 Å². The Morgan fingerprint density at radius 1 is 1.44 bits per heavy atom. The van der Waals surface area contributed by atoms with Crippen LogP contribution in [0.5, 0.6) is 5.75 Å². The zero-order valence-electron chi connectivity index (χ0n) is 10.3. The maximum Gasteiger partial charge on any atom is 0.122 e. The Bertz CT molecular complexity index is 349. The summed E-state index contributed by atoms with van der Waals surface area (Å²) in [6.07, 6.45) is 2.23. The van der Waals surface area contributed by atoms with E-state index in [2.05, 4.69) is 37.4 Å². The lowest BCUT2D eigenvalue weighted by atomic mass is 9.99. The fourth-order valence-electron chi connectivity index (χ4n) is 2.23. The second-order valence-corrected chi connectivity index (χ2v) is 4.66. The van der Waals surface area contributed by atoms with Gasteiger partial charge in [0.05, 0.1) is 6.61 Å². The molecule has 1 N–H and O–H groups in total. The maximum absolute atomic E-state index is 5.51. The molecular formula is C14H21NO. The molecule has 2 nitrogen and oxygen atoms in total. The lowest BCUT2D eigenvalue weighted by molar-refractivity contribution is 0.357. The third kappa shape index (κ3) is 2.76. The van der Waals surface area contributed by atoms with E-state index in [1.807, 2.05) is 0 Å². The molecule has 1 aliphatic rings. The van der Waals surface area contributed by atoms with Crippen LogP contribution in [0.2, 0.25) is 0 Å². The van der Waals surface area contributed by atoms with Gasteiger partial charge in [0.1, 0.15) is 5.75 Å². The molecule has 1 aromatic rings. The van der Waals surface area contributed by atoms with Crippen molar-refractivity contribution in [2.24, 2.45) is 5.92 Å². The summed E-state index contributed by atoms with van der Waals surface area (Å²) in [5.74, 6) is 1.78. The molecule has 0 bridgehead atoms. The fraction of sp³-hybridized carbons (Fsp3) is 0.571. The monoisotopic (exact) mass is 219 g/mol. The summed E-state index contributed by atoms with van der Waals surface area (Å²) in [5.41, 5.74) is 2.82. The normalized spacial score (nSPS) is 15.6. The van der Waals surface area contributed by atoms with E-state index in [0.717, 1.165) is 38.3 Å². The van der Waals surface area contributed by atoms with Crippen molar-refractivity contribution >= 4 is 0 Å². The highest BCUT2D eigenvalue weighted by Gasteiger charge is 2.12. The van der Waals surface area contributed by atoms with E-state index >= 15 is 0 Å². The highest BCUT2D eigenvalue weighted by molar-refractivity contribution is 5.39. The Balaban J connectivity index is 1.94. The van der Waals surface area contributed by atoms with Crippen LogP contribution in [0.1, 0.15) is 25.0 Å². The van der Waals surface area contributed by atoms with Crippen LogP contribution in [0.25, 0.3) is 0 Å². The highest BCUT2D eigenvalue weighted by Crippen LogP contribution is 2.26. The molecule has 0 aliphatic carbocycles. The van der Waals surface area contributed by atoms with Crippen LogP contribution in [0.3, 0.4) is 0 Å². The number of hydrogen-bond donors (Lipinski definition) is 1. The summed E-state index contributed by atoms with van der Waals surface area (Å²) in [6, 6.07) is 6.63. The van der Waals surface area contributed by atoms with Gasteiger partial charge < -0.3 is 10.1 Å². The van der Waals surface area contributed by atoms with Crippen molar-refractivity contribution in [1.82, 2.24) is 5.32 Å². The van der Waals surface area contributed by atoms with Gasteiger partial charge in [-0.3, -0.25) is 0 Å². The van der Waals surface area contributed by atoms with Crippen molar-refractivity contribution in [2.45, 2.75) is 26.7 Å². The SMILES string of the molecule is CCNCC(C)Cc1ccc2c(c1)CCO2. The number of ether oxygens (including phenoxy) is 1. The standard InChI is InChI=1S/C14H21NO/c1-3-15-10-11(2)8-12-4-5-14-13(9-12)6-7-16-14/h4-5,9,11,15H,3,6-8,10H2,1-2H3. The average Bonchev–Trinajstić information content (AvgIpc) is 2.73. The number of rotatable bonds is 5. The maximum atomic E-state index is 5.51. The lowest BCUT2D eigenvalue weighted by Crippen LogP contribution is -2.21. The zero-order chi connectivity index (χ0) is 11.4. The van der Waals surface area contributed by atoms with Crippen LogP contribution in [0.15, 0.2) is 18.2 Å². The van der Waals surface area contributed by atoms with Gasteiger partial charge in [-0.1, -0.05) is 26.0 Å².